The predicted octanol–water partition coefficient (Wildman–Crippen LogP) is -2.92. The van der Waals surface area contributed by atoms with Gasteiger partial charge in [0.15, 0.2) is 0 Å². The molecule has 1 heterocycles. The van der Waals surface area contributed by atoms with Crippen molar-refractivity contribution in [3.63, 3.8) is 0 Å². The van der Waals surface area contributed by atoms with Crippen LogP contribution in [0.5, 0.6) is 0 Å². The summed E-state index contributed by atoms with van der Waals surface area (Å²) in [4.78, 5) is 2.53. The molecule has 3 fully saturated rings. The van der Waals surface area contributed by atoms with Gasteiger partial charge < -0.3 is 4.90 Å². The fraction of sp³-hybridized carbons (Fsp3) is 0.900. The number of hydrogen-bond donors (Lipinski definition) is 0. The Labute approximate surface area is 299 Å². The normalized spacial score (nSPS) is 33.0. The van der Waals surface area contributed by atoms with Gasteiger partial charge >= 0.3 is 175 Å². The van der Waals surface area contributed by atoms with Gasteiger partial charge in [0.25, 0.3) is 0 Å². The van der Waals surface area contributed by atoms with Crippen molar-refractivity contribution in [2.24, 2.45) is 23.2 Å². The molecule has 0 bridgehead atoms. The Morgan fingerprint density at radius 3 is 1.83 bits per heavy atom. The molecule has 1 spiro atoms. The van der Waals surface area contributed by atoms with Crippen LogP contribution in [0.3, 0.4) is 0 Å². The van der Waals surface area contributed by atoms with Crippen molar-refractivity contribution >= 4 is 0 Å². The summed E-state index contributed by atoms with van der Waals surface area (Å²) in [7, 11) is 0. The number of nitrogens with zero attached hydrogens (tertiary/aromatic N) is 1. The summed E-state index contributed by atoms with van der Waals surface area (Å²) in [6, 6.07) is 0. The van der Waals surface area contributed by atoms with Gasteiger partial charge in [-0.25, -0.2) is 0 Å². The molecule has 0 amide bonds. The molecular weight excluding hydrogens is 511 g/mol. The van der Waals surface area contributed by atoms with E-state index in [1.165, 1.54) is 64.3 Å². The molecule has 0 unspecified atom stereocenters. The second-order valence-corrected chi connectivity index (χ2v) is 7.76. The number of rotatable bonds is 3. The molecule has 1 nitrogen and oxygen atoms in total. The van der Waals surface area contributed by atoms with Crippen molar-refractivity contribution in [1.82, 2.24) is 4.90 Å². The molecule has 3 aliphatic rings. The third-order valence-electron chi connectivity index (χ3n) is 6.12. The van der Waals surface area contributed by atoms with Gasteiger partial charge in [-0.2, -0.15) is 12.8 Å². The summed E-state index contributed by atoms with van der Waals surface area (Å²) < 4.78 is 0. The molecule has 2 aliphatic carbocycles. The largest absolute Gasteiger partial charge is 1.00 e. The van der Waals surface area contributed by atoms with E-state index in [1.54, 1.807) is 0 Å². The van der Waals surface area contributed by atoms with E-state index in [0.29, 0.717) is 0 Å². The average Bonchev–Trinajstić information content (AvgIpc) is 2.51. The smallest absolute Gasteiger partial charge is 0.605 e. The molecule has 0 aromatic carbocycles. The van der Waals surface area contributed by atoms with Crippen LogP contribution in [0.4, 0.5) is 0 Å². The topological polar surface area (TPSA) is 3.24 Å². The van der Waals surface area contributed by atoms with Gasteiger partial charge in [-0.05, 0) is 55.8 Å². The molecule has 1 aliphatic heterocycles. The Bertz CT molecular complexity index is 287. The minimum atomic E-state index is 0. The fourth-order valence-electron chi connectivity index (χ4n) is 4.82. The molecule has 0 atom stereocenters. The van der Waals surface area contributed by atoms with Crippen molar-refractivity contribution in [1.29, 1.82) is 0 Å². The first-order chi connectivity index (χ1) is 10.2. The summed E-state index contributed by atoms with van der Waals surface area (Å²) in [6.45, 7) is 15.0. The molecule has 3 rings (SSSR count). The van der Waals surface area contributed by atoms with E-state index >= 15 is 0 Å². The second-order valence-electron chi connectivity index (χ2n) is 7.76. The SMILES string of the molecule is CC.CCC1C[CH-]N(CC2CCC3(CC2)CC(C)C3)[CH-]C1.[Rb+].[Rb+].[Rb+]. The minimum absolute atomic E-state index is 0. The summed E-state index contributed by atoms with van der Waals surface area (Å²) in [5.74, 6) is 2.90. The summed E-state index contributed by atoms with van der Waals surface area (Å²) in [5, 5.41) is 0. The maximum Gasteiger partial charge on any atom is 1.00 e. The Hall–Kier alpha value is 5.38. The first-order valence-corrected chi connectivity index (χ1v) is 9.61. The van der Waals surface area contributed by atoms with E-state index in [1.807, 2.05) is 13.8 Å². The predicted molar refractivity (Wildman–Crippen MR) is 92.5 cm³/mol. The van der Waals surface area contributed by atoms with Crippen LogP contribution in [0.2, 0.25) is 0 Å². The van der Waals surface area contributed by atoms with Crippen LogP contribution < -0.4 is 175 Å². The molecule has 0 radical (unpaired) electrons. The van der Waals surface area contributed by atoms with Gasteiger partial charge in [0.1, 0.15) is 0 Å². The van der Waals surface area contributed by atoms with Crippen LogP contribution in [-0.2, 0) is 0 Å². The zero-order valence-corrected chi connectivity index (χ0v) is 32.7. The Morgan fingerprint density at radius 2 is 1.42 bits per heavy atom. The molecule has 24 heavy (non-hydrogen) atoms. The number of hydrogen-bond acceptors (Lipinski definition) is 1. The fourth-order valence-corrected chi connectivity index (χ4v) is 4.82. The van der Waals surface area contributed by atoms with Crippen LogP contribution in [0, 0.1) is 36.3 Å². The molecule has 0 aromatic rings. The molecule has 4 heteroatoms. The molecular formula is C20H37NRb3+. The Morgan fingerprint density at radius 1 is 0.917 bits per heavy atom. The van der Waals surface area contributed by atoms with Crippen LogP contribution in [0.25, 0.3) is 0 Å². The van der Waals surface area contributed by atoms with E-state index in [0.717, 1.165) is 23.2 Å². The van der Waals surface area contributed by atoms with E-state index in [9.17, 15) is 0 Å². The van der Waals surface area contributed by atoms with Crippen molar-refractivity contribution in [2.75, 3.05) is 6.54 Å². The van der Waals surface area contributed by atoms with Crippen LogP contribution in [0.1, 0.15) is 85.5 Å². The summed E-state index contributed by atoms with van der Waals surface area (Å²) in [5.41, 5.74) is 0.804. The Balaban J connectivity index is 0. The van der Waals surface area contributed by atoms with Crippen molar-refractivity contribution in [3.8, 4) is 0 Å². The van der Waals surface area contributed by atoms with Crippen molar-refractivity contribution < 1.29 is 175 Å². The minimum Gasteiger partial charge on any atom is -0.605 e. The third kappa shape index (κ3) is 10.1. The second kappa shape index (κ2) is 17.0. The zero-order chi connectivity index (χ0) is 15.3. The van der Waals surface area contributed by atoms with Gasteiger partial charge in [-0.3, -0.25) is 13.1 Å². The van der Waals surface area contributed by atoms with E-state index < -0.39 is 0 Å². The van der Waals surface area contributed by atoms with Gasteiger partial charge in [0, 0.05) is 0 Å². The Kier molecular flexibility index (Phi) is 22.3. The standard InChI is InChI=1S/C18H31N.C2H6.3Rb/c1-3-16-6-10-19(11-7-16)14-17-4-8-18(9-5-17)12-15(2)13-18;1-2;;;/h10-11,15-17H,3-9,12-14H2,1-2H3;1-2H3;;;/q-2;;3*+1. The van der Waals surface area contributed by atoms with E-state index in [2.05, 4.69) is 31.8 Å². The third-order valence-corrected chi connectivity index (χ3v) is 6.12. The quantitative estimate of drug-likeness (QED) is 0.342. The number of piperidine rings is 1. The molecule has 0 N–H and O–H groups in total. The van der Waals surface area contributed by atoms with Gasteiger partial charge in [0.2, 0.25) is 0 Å². The first-order valence-electron chi connectivity index (χ1n) is 9.61. The maximum absolute atomic E-state index is 2.53. The number of likely N-dealkylation sites (tertiary alicyclic amines) is 1. The van der Waals surface area contributed by atoms with Crippen molar-refractivity contribution in [2.45, 2.75) is 85.5 Å². The van der Waals surface area contributed by atoms with Gasteiger partial charge in [-0.1, -0.05) is 46.6 Å². The van der Waals surface area contributed by atoms with Gasteiger partial charge in [0.05, 0.1) is 0 Å². The summed E-state index contributed by atoms with van der Waals surface area (Å²) >= 11 is 0. The van der Waals surface area contributed by atoms with Crippen LogP contribution >= 0.6 is 0 Å². The van der Waals surface area contributed by atoms with E-state index in [4.69, 9.17) is 0 Å². The average molecular weight is 548 g/mol. The molecule has 124 valence electrons. The van der Waals surface area contributed by atoms with Crippen molar-refractivity contribution in [3.05, 3.63) is 13.1 Å². The monoisotopic (exact) mass is 546 g/mol. The van der Waals surface area contributed by atoms with Crippen LogP contribution in [-0.4, -0.2) is 11.4 Å². The summed E-state index contributed by atoms with van der Waals surface area (Å²) in [6.07, 6.45) is 13.0. The van der Waals surface area contributed by atoms with Crippen LogP contribution in [0.15, 0.2) is 0 Å². The van der Waals surface area contributed by atoms with E-state index in [-0.39, 0.29) is 175 Å². The van der Waals surface area contributed by atoms with Gasteiger partial charge in [-0.15, -0.1) is 0 Å². The zero-order valence-electron chi connectivity index (χ0n) is 17.9. The maximum atomic E-state index is 2.53. The molecule has 1 saturated heterocycles. The first kappa shape index (κ1) is 31.6. The molecule has 2 saturated carbocycles. The molecule has 0 aromatic heterocycles.